The number of hydrogen-bond acceptors (Lipinski definition) is 8. The number of anilines is 1. The van der Waals surface area contributed by atoms with Crippen molar-refractivity contribution in [3.8, 4) is 0 Å². The third kappa shape index (κ3) is 4.05. The van der Waals surface area contributed by atoms with E-state index in [1.807, 2.05) is 0 Å². The van der Waals surface area contributed by atoms with Gasteiger partial charge in [-0.15, -0.1) is 0 Å². The molecule has 0 bridgehead atoms. The number of hydrogen-bond donors (Lipinski definition) is 4. The van der Waals surface area contributed by atoms with Gasteiger partial charge >= 0.3 is 7.60 Å². The lowest BCUT2D eigenvalue weighted by Gasteiger charge is -2.24. The summed E-state index contributed by atoms with van der Waals surface area (Å²) in [6.45, 7) is -0.483. The van der Waals surface area contributed by atoms with E-state index < -0.39 is 50.4 Å². The highest BCUT2D eigenvalue weighted by atomic mass is 35.5. The molecular weight excluding hydrogens is 465 g/mol. The molecule has 2 fully saturated rings. The molecule has 2 aliphatic heterocycles. The molecule has 4 N–H and O–H groups in total. The van der Waals surface area contributed by atoms with Crippen LogP contribution in [0, 0.1) is 0 Å². The Morgan fingerprint density at radius 2 is 2.06 bits per heavy atom. The van der Waals surface area contributed by atoms with Gasteiger partial charge in [-0.25, -0.2) is 8.78 Å². The smallest absolute Gasteiger partial charge is 0.356 e. The first-order valence-electron chi connectivity index (χ1n) is 9.19. The van der Waals surface area contributed by atoms with Gasteiger partial charge in [0, 0.05) is 26.3 Å². The number of aliphatic hydroxyl groups is 2. The van der Waals surface area contributed by atoms with Crippen LogP contribution in [-0.2, 0) is 14.0 Å². The molecular formula is C16H20ClF2N4O7P. The zero-order chi connectivity index (χ0) is 22.7. The van der Waals surface area contributed by atoms with Crippen molar-refractivity contribution in [2.24, 2.45) is 0 Å². The van der Waals surface area contributed by atoms with E-state index in [1.165, 1.54) is 21.7 Å². The summed E-state index contributed by atoms with van der Waals surface area (Å²) >= 11 is 6.01. The van der Waals surface area contributed by atoms with Crippen molar-refractivity contribution in [1.82, 2.24) is 14.5 Å². The second kappa shape index (κ2) is 7.85. The number of aromatic nitrogens is 3. The Kier molecular flexibility index (Phi) is 5.76. The van der Waals surface area contributed by atoms with Crippen molar-refractivity contribution >= 4 is 36.0 Å². The van der Waals surface area contributed by atoms with E-state index in [2.05, 4.69) is 9.97 Å². The zero-order valence-corrected chi connectivity index (χ0v) is 17.7. The van der Waals surface area contributed by atoms with Gasteiger partial charge in [0.2, 0.25) is 5.28 Å². The number of ether oxygens (including phenoxy) is 2. The number of methoxy groups -OCH3 is 1. The average Bonchev–Trinajstić information content (AvgIpc) is 3.32. The van der Waals surface area contributed by atoms with Gasteiger partial charge in [-0.05, 0) is 17.7 Å². The molecule has 0 aromatic carbocycles. The highest BCUT2D eigenvalue weighted by molar-refractivity contribution is 7.52. The van der Waals surface area contributed by atoms with Crippen molar-refractivity contribution in [2.75, 3.05) is 25.1 Å². The molecule has 0 spiro atoms. The topological polar surface area (TPSA) is 150 Å². The molecule has 5 atom stereocenters. The van der Waals surface area contributed by atoms with Crippen LogP contribution in [0.25, 0.3) is 11.0 Å². The summed E-state index contributed by atoms with van der Waals surface area (Å²) in [4.78, 5) is 28.5. The third-order valence-corrected chi connectivity index (χ3v) is 6.73. The van der Waals surface area contributed by atoms with Crippen molar-refractivity contribution in [3.05, 3.63) is 17.5 Å². The maximum absolute atomic E-state index is 13.7. The van der Waals surface area contributed by atoms with Crippen LogP contribution < -0.4 is 4.90 Å². The van der Waals surface area contributed by atoms with Crippen LogP contribution in [0.3, 0.4) is 0 Å². The van der Waals surface area contributed by atoms with E-state index in [4.69, 9.17) is 21.1 Å². The predicted octanol–water partition coefficient (Wildman–Crippen LogP) is 0.699. The first-order valence-corrected chi connectivity index (χ1v) is 11.3. The Balaban J connectivity index is 1.72. The molecule has 2 aliphatic rings. The zero-order valence-electron chi connectivity index (χ0n) is 16.0. The standard InChI is InChI=1S/C16H20ClF2N4O7P/c1-29-14(31(26,27)28)10-8(24)9(25)13(30-10)23-4-2-7-11(20-15(17)21-12(7)23)22-5-3-16(18,19)6-22/h2,4,8-10,13-14,24-25H,3,5-6H2,1H3,(H2,26,27,28)/t8-,9+,10+,13+,14?/m0/s1. The van der Waals surface area contributed by atoms with Crippen LogP contribution in [0.15, 0.2) is 12.3 Å². The molecule has 0 amide bonds. The number of nitrogens with zero attached hydrogens (tertiary/aromatic N) is 4. The monoisotopic (exact) mass is 484 g/mol. The van der Waals surface area contributed by atoms with Crippen LogP contribution in [0.1, 0.15) is 12.6 Å². The van der Waals surface area contributed by atoms with Crippen molar-refractivity contribution < 1.29 is 42.8 Å². The van der Waals surface area contributed by atoms with E-state index in [1.54, 1.807) is 0 Å². The lowest BCUT2D eigenvalue weighted by atomic mass is 10.1. The van der Waals surface area contributed by atoms with Gasteiger partial charge in [0.05, 0.1) is 11.9 Å². The van der Waals surface area contributed by atoms with Gasteiger partial charge in [-0.3, -0.25) is 4.57 Å². The lowest BCUT2D eigenvalue weighted by Crippen LogP contribution is -2.39. The Labute approximate surface area is 179 Å². The van der Waals surface area contributed by atoms with E-state index in [0.717, 1.165) is 7.11 Å². The molecule has 2 aromatic heterocycles. The van der Waals surface area contributed by atoms with Crippen LogP contribution in [0.4, 0.5) is 14.6 Å². The number of rotatable bonds is 5. The molecule has 4 heterocycles. The van der Waals surface area contributed by atoms with Crippen LogP contribution in [0.5, 0.6) is 0 Å². The molecule has 0 radical (unpaired) electrons. The van der Waals surface area contributed by atoms with E-state index in [0.29, 0.717) is 5.39 Å². The van der Waals surface area contributed by atoms with Gasteiger partial charge < -0.3 is 38.9 Å². The van der Waals surface area contributed by atoms with Gasteiger partial charge in [0.25, 0.3) is 5.92 Å². The first-order chi connectivity index (χ1) is 14.4. The highest BCUT2D eigenvalue weighted by Crippen LogP contribution is 2.48. The summed E-state index contributed by atoms with van der Waals surface area (Å²) in [5, 5.41) is 21.0. The van der Waals surface area contributed by atoms with Crippen molar-refractivity contribution in [2.45, 2.75) is 42.7 Å². The lowest BCUT2D eigenvalue weighted by molar-refractivity contribution is -0.0759. The SMILES string of the molecule is COC([C@@H]1O[C@@H](n2ccc3c(N4CCC(F)(F)C4)nc(Cl)nc32)[C@H](O)[C@@H]1O)P(=O)(O)O. The van der Waals surface area contributed by atoms with Gasteiger partial charge in [-0.2, -0.15) is 9.97 Å². The summed E-state index contributed by atoms with van der Waals surface area (Å²) in [5.41, 5.74) is 0.132. The molecule has 2 saturated heterocycles. The minimum absolute atomic E-state index is 0.0573. The summed E-state index contributed by atoms with van der Waals surface area (Å²) in [6.07, 6.45) is -5.05. The molecule has 15 heteroatoms. The quantitative estimate of drug-likeness (QED) is 0.352. The maximum Gasteiger partial charge on any atom is 0.356 e. The summed E-state index contributed by atoms with van der Waals surface area (Å²) in [6, 6.07) is 1.52. The van der Waals surface area contributed by atoms with E-state index in [9.17, 15) is 33.3 Å². The normalized spacial score (nSPS) is 29.7. The van der Waals surface area contributed by atoms with Crippen molar-refractivity contribution in [1.29, 1.82) is 0 Å². The number of fused-ring (bicyclic) bond motifs is 1. The Bertz CT molecular complexity index is 1040. The maximum atomic E-state index is 13.7. The number of aliphatic hydroxyl groups excluding tert-OH is 2. The minimum Gasteiger partial charge on any atom is -0.387 e. The van der Waals surface area contributed by atoms with Crippen LogP contribution in [0.2, 0.25) is 5.28 Å². The molecule has 0 aliphatic carbocycles. The van der Waals surface area contributed by atoms with Crippen molar-refractivity contribution in [3.63, 3.8) is 0 Å². The summed E-state index contributed by atoms with van der Waals surface area (Å²) < 4.78 is 50.7. The Morgan fingerprint density at radius 3 is 2.65 bits per heavy atom. The molecule has 4 rings (SSSR count). The van der Waals surface area contributed by atoms with Crippen LogP contribution in [-0.4, -0.2) is 84.8 Å². The first kappa shape index (κ1) is 22.7. The fourth-order valence-corrected chi connectivity index (χ4v) is 5.03. The van der Waals surface area contributed by atoms with Gasteiger partial charge in [0.1, 0.15) is 29.8 Å². The Hall–Kier alpha value is -1.44. The minimum atomic E-state index is -4.83. The Morgan fingerprint density at radius 1 is 1.35 bits per heavy atom. The fraction of sp³-hybridized carbons (Fsp3) is 0.625. The predicted molar refractivity (Wildman–Crippen MR) is 103 cm³/mol. The second-order valence-electron chi connectivity index (χ2n) is 7.49. The molecule has 0 saturated carbocycles. The molecule has 2 aromatic rings. The second-order valence-corrected chi connectivity index (χ2v) is 9.52. The number of alkyl halides is 2. The molecule has 11 nitrogen and oxygen atoms in total. The molecule has 172 valence electrons. The van der Waals surface area contributed by atoms with E-state index >= 15 is 0 Å². The third-order valence-electron chi connectivity index (χ3n) is 5.40. The largest absolute Gasteiger partial charge is 0.387 e. The molecule has 1 unspecified atom stereocenters. The molecule has 31 heavy (non-hydrogen) atoms. The van der Waals surface area contributed by atoms with Gasteiger partial charge in [-0.1, -0.05) is 0 Å². The highest BCUT2D eigenvalue weighted by Gasteiger charge is 2.52. The fourth-order valence-electron chi connectivity index (χ4n) is 3.97. The van der Waals surface area contributed by atoms with E-state index in [-0.39, 0.29) is 29.7 Å². The summed E-state index contributed by atoms with van der Waals surface area (Å²) in [5.74, 6) is -4.50. The average molecular weight is 485 g/mol. The van der Waals surface area contributed by atoms with Crippen LogP contribution >= 0.6 is 19.2 Å². The summed E-state index contributed by atoms with van der Waals surface area (Å²) in [7, 11) is -3.80. The van der Waals surface area contributed by atoms with Gasteiger partial charge in [0.15, 0.2) is 12.1 Å². The number of halogens is 3.